The van der Waals surface area contributed by atoms with E-state index in [0.29, 0.717) is 6.42 Å². The maximum absolute atomic E-state index is 11.1. The number of unbranched alkanes of at least 4 members (excludes halogenated alkanes) is 1. The lowest BCUT2D eigenvalue weighted by molar-refractivity contribution is -0.118. The van der Waals surface area contributed by atoms with Crippen molar-refractivity contribution >= 4 is 18.2 Å². The van der Waals surface area contributed by atoms with E-state index in [2.05, 4.69) is 10.4 Å². The quantitative estimate of drug-likeness (QED) is 0.302. The molecule has 1 saturated heterocycles. The van der Waals surface area contributed by atoms with Crippen molar-refractivity contribution in [2.45, 2.75) is 25.6 Å². The van der Waals surface area contributed by atoms with Crippen LogP contribution in [0.1, 0.15) is 19.3 Å². The molecule has 3 amide bonds. The van der Waals surface area contributed by atoms with E-state index in [9.17, 15) is 9.59 Å². The van der Waals surface area contributed by atoms with Crippen LogP contribution in [-0.2, 0) is 14.3 Å². The molecule has 1 heterocycles. The first-order chi connectivity index (χ1) is 8.17. The highest BCUT2D eigenvalue weighted by atomic mass is 16.7. The number of hydrogen-bond donors (Lipinski definition) is 1. The van der Waals surface area contributed by atoms with Crippen molar-refractivity contribution in [1.29, 1.82) is 0 Å². The summed E-state index contributed by atoms with van der Waals surface area (Å²) in [5.74, 6) is -0.328. The monoisotopic (exact) mass is 243 g/mol. The van der Waals surface area contributed by atoms with Crippen molar-refractivity contribution in [2.75, 3.05) is 20.8 Å². The zero-order valence-corrected chi connectivity index (χ0v) is 10.0. The van der Waals surface area contributed by atoms with E-state index in [0.717, 1.165) is 17.9 Å². The number of methoxy groups -OCH3 is 2. The smallest absolute Gasteiger partial charge is 0.344 e. The number of urea groups is 1. The molecule has 0 radical (unpaired) electrons. The van der Waals surface area contributed by atoms with Gasteiger partial charge < -0.3 is 9.47 Å². The van der Waals surface area contributed by atoms with Crippen LogP contribution in [0.2, 0.25) is 0 Å². The Morgan fingerprint density at radius 2 is 2.18 bits per heavy atom. The molecule has 96 valence electrons. The first-order valence-corrected chi connectivity index (χ1v) is 5.36. The molecule has 7 heteroatoms. The molecule has 0 atom stereocenters. The zero-order chi connectivity index (χ0) is 12.7. The molecule has 0 aromatic carbocycles. The van der Waals surface area contributed by atoms with Crippen molar-refractivity contribution in [2.24, 2.45) is 5.10 Å². The van der Waals surface area contributed by atoms with Gasteiger partial charge in [-0.05, 0) is 19.3 Å². The highest BCUT2D eigenvalue weighted by Crippen LogP contribution is 2.04. The van der Waals surface area contributed by atoms with Gasteiger partial charge >= 0.3 is 6.03 Å². The SMILES string of the molecule is COC(CCC/C=N/N1CC(=O)NC1=O)OC. The van der Waals surface area contributed by atoms with Gasteiger partial charge in [-0.15, -0.1) is 0 Å². The van der Waals surface area contributed by atoms with Crippen LogP contribution < -0.4 is 5.32 Å². The van der Waals surface area contributed by atoms with Crippen LogP contribution in [-0.4, -0.2) is 50.2 Å². The fraction of sp³-hybridized carbons (Fsp3) is 0.700. The van der Waals surface area contributed by atoms with Gasteiger partial charge in [0.25, 0.3) is 0 Å². The lowest BCUT2D eigenvalue weighted by atomic mass is 10.2. The summed E-state index contributed by atoms with van der Waals surface area (Å²) in [7, 11) is 3.17. The van der Waals surface area contributed by atoms with Gasteiger partial charge in [-0.2, -0.15) is 5.10 Å². The third-order valence-electron chi connectivity index (χ3n) is 2.29. The first kappa shape index (κ1) is 13.6. The van der Waals surface area contributed by atoms with Crippen LogP contribution in [0.3, 0.4) is 0 Å². The summed E-state index contributed by atoms with van der Waals surface area (Å²) in [6, 6.07) is -0.474. The van der Waals surface area contributed by atoms with Gasteiger partial charge in [0, 0.05) is 20.4 Å². The average molecular weight is 243 g/mol. The number of imide groups is 1. The summed E-state index contributed by atoms with van der Waals surface area (Å²) in [4.78, 5) is 21.9. The molecule has 1 aliphatic heterocycles. The summed E-state index contributed by atoms with van der Waals surface area (Å²) in [5, 5.41) is 7.14. The molecule has 1 rings (SSSR count). The molecule has 0 aliphatic carbocycles. The van der Waals surface area contributed by atoms with Crippen molar-refractivity contribution in [3.63, 3.8) is 0 Å². The van der Waals surface area contributed by atoms with E-state index in [4.69, 9.17) is 9.47 Å². The number of hydrazone groups is 1. The van der Waals surface area contributed by atoms with Crippen LogP contribution >= 0.6 is 0 Å². The number of amides is 3. The minimum atomic E-state index is -0.474. The summed E-state index contributed by atoms with van der Waals surface area (Å²) < 4.78 is 10.0. The number of rotatable bonds is 7. The Morgan fingerprint density at radius 3 is 2.71 bits per heavy atom. The second-order valence-corrected chi connectivity index (χ2v) is 3.54. The number of ether oxygens (including phenoxy) is 2. The molecule has 0 aromatic heterocycles. The molecule has 0 unspecified atom stereocenters. The number of hydrogen-bond acceptors (Lipinski definition) is 5. The van der Waals surface area contributed by atoms with Crippen LogP contribution in [0.25, 0.3) is 0 Å². The fourth-order valence-corrected chi connectivity index (χ4v) is 1.39. The molecule has 0 bridgehead atoms. The van der Waals surface area contributed by atoms with Crippen LogP contribution in [0.4, 0.5) is 4.79 Å². The fourth-order valence-electron chi connectivity index (χ4n) is 1.39. The highest BCUT2D eigenvalue weighted by molar-refractivity contribution is 6.01. The normalized spacial score (nSPS) is 16.3. The van der Waals surface area contributed by atoms with Crippen LogP contribution in [0.5, 0.6) is 0 Å². The maximum atomic E-state index is 11.1. The third kappa shape index (κ3) is 4.49. The third-order valence-corrected chi connectivity index (χ3v) is 2.29. The number of nitrogens with one attached hydrogen (secondary N) is 1. The van der Waals surface area contributed by atoms with Gasteiger partial charge in [0.15, 0.2) is 6.29 Å². The Labute approximate surface area is 99.7 Å². The minimum absolute atomic E-state index is 0.00585. The average Bonchev–Trinajstić information content (AvgIpc) is 2.62. The second kappa shape index (κ2) is 6.97. The molecule has 0 saturated carbocycles. The molecule has 1 aliphatic rings. The summed E-state index contributed by atoms with van der Waals surface area (Å²) in [6.45, 7) is -0.00585. The minimum Gasteiger partial charge on any atom is -0.356 e. The van der Waals surface area contributed by atoms with E-state index in [1.807, 2.05) is 0 Å². The van der Waals surface area contributed by atoms with Gasteiger partial charge in [0.05, 0.1) is 0 Å². The summed E-state index contributed by atoms with van der Waals surface area (Å²) in [6.07, 6.45) is 3.69. The predicted molar refractivity (Wildman–Crippen MR) is 60.4 cm³/mol. The lowest BCUT2D eigenvalue weighted by Gasteiger charge is -2.11. The van der Waals surface area contributed by atoms with Crippen LogP contribution in [0, 0.1) is 0 Å². The number of carbonyl (C=O) groups excluding carboxylic acids is 2. The van der Waals surface area contributed by atoms with E-state index in [1.54, 1.807) is 20.4 Å². The Morgan fingerprint density at radius 1 is 1.47 bits per heavy atom. The summed E-state index contributed by atoms with van der Waals surface area (Å²) >= 11 is 0. The van der Waals surface area contributed by atoms with E-state index in [-0.39, 0.29) is 18.7 Å². The molecule has 7 nitrogen and oxygen atoms in total. The standard InChI is InChI=1S/C10H17N3O4/c1-16-9(17-2)5-3-4-6-11-13-7-8(14)12-10(13)15/h6,9H,3-5,7H2,1-2H3,(H,12,14,15)/b11-6+. The number of nitrogens with zero attached hydrogens (tertiary/aromatic N) is 2. The highest BCUT2D eigenvalue weighted by Gasteiger charge is 2.25. The summed E-state index contributed by atoms with van der Waals surface area (Å²) in [5.41, 5.74) is 0. The number of carbonyl (C=O) groups is 2. The molecule has 0 aromatic rings. The topological polar surface area (TPSA) is 80.2 Å². The zero-order valence-electron chi connectivity index (χ0n) is 10.0. The van der Waals surface area contributed by atoms with Gasteiger partial charge in [-0.1, -0.05) is 0 Å². The van der Waals surface area contributed by atoms with Gasteiger partial charge in [-0.3, -0.25) is 10.1 Å². The maximum Gasteiger partial charge on any atom is 0.344 e. The Hall–Kier alpha value is -1.47. The second-order valence-electron chi connectivity index (χ2n) is 3.54. The Kier molecular flexibility index (Phi) is 5.58. The van der Waals surface area contributed by atoms with Gasteiger partial charge in [-0.25, -0.2) is 9.80 Å². The van der Waals surface area contributed by atoms with Crippen molar-refractivity contribution in [3.05, 3.63) is 0 Å². The Bertz CT molecular complexity index is 302. The van der Waals surface area contributed by atoms with Gasteiger partial charge in [0.1, 0.15) is 6.54 Å². The van der Waals surface area contributed by atoms with Crippen LogP contribution in [0.15, 0.2) is 5.10 Å². The van der Waals surface area contributed by atoms with Crippen molar-refractivity contribution < 1.29 is 19.1 Å². The van der Waals surface area contributed by atoms with Crippen molar-refractivity contribution in [3.8, 4) is 0 Å². The predicted octanol–water partition coefficient (Wildman–Crippen LogP) is 0.313. The van der Waals surface area contributed by atoms with E-state index in [1.165, 1.54) is 0 Å². The molecule has 17 heavy (non-hydrogen) atoms. The van der Waals surface area contributed by atoms with Gasteiger partial charge in [0.2, 0.25) is 5.91 Å². The largest absolute Gasteiger partial charge is 0.356 e. The lowest BCUT2D eigenvalue weighted by Crippen LogP contribution is -2.24. The van der Waals surface area contributed by atoms with Crippen molar-refractivity contribution in [1.82, 2.24) is 10.3 Å². The molecule has 1 fully saturated rings. The van der Waals surface area contributed by atoms with E-state index < -0.39 is 6.03 Å². The molecular formula is C10H17N3O4. The van der Waals surface area contributed by atoms with E-state index >= 15 is 0 Å². The first-order valence-electron chi connectivity index (χ1n) is 5.36. The molecular weight excluding hydrogens is 226 g/mol. The molecule has 0 spiro atoms. The Balaban J connectivity index is 2.18. The molecule has 1 N–H and O–H groups in total.